The Morgan fingerprint density at radius 3 is 2.50 bits per heavy atom. The van der Waals surface area contributed by atoms with E-state index in [9.17, 15) is 5.11 Å². The molecule has 0 aliphatic heterocycles. The summed E-state index contributed by atoms with van der Waals surface area (Å²) >= 11 is 0. The fraction of sp³-hybridized carbons (Fsp3) is 0.467. The summed E-state index contributed by atoms with van der Waals surface area (Å²) in [7, 11) is 1.68. The molecule has 2 aromatic rings. The van der Waals surface area contributed by atoms with Crippen LogP contribution < -0.4 is 4.74 Å². The minimum Gasteiger partial charge on any atom is -0.497 e. The van der Waals surface area contributed by atoms with Gasteiger partial charge in [0, 0.05) is 29.1 Å². The highest BCUT2D eigenvalue weighted by Crippen LogP contribution is 2.31. The van der Waals surface area contributed by atoms with E-state index >= 15 is 0 Å². The van der Waals surface area contributed by atoms with Crippen molar-refractivity contribution in [2.45, 2.75) is 32.7 Å². The molecule has 2 rings (SSSR count). The third kappa shape index (κ3) is 2.10. The van der Waals surface area contributed by atoms with Gasteiger partial charge in [-0.15, -0.1) is 0 Å². The van der Waals surface area contributed by atoms with Crippen LogP contribution in [0.5, 0.6) is 5.75 Å². The second kappa shape index (κ2) is 5.02. The topological polar surface area (TPSA) is 34.4 Å². The molecule has 1 heterocycles. The van der Waals surface area contributed by atoms with E-state index in [0.29, 0.717) is 6.04 Å². The van der Waals surface area contributed by atoms with Gasteiger partial charge in [-0.2, -0.15) is 0 Å². The van der Waals surface area contributed by atoms with Gasteiger partial charge in [0.2, 0.25) is 0 Å². The van der Waals surface area contributed by atoms with Crippen molar-refractivity contribution < 1.29 is 9.84 Å². The number of benzene rings is 1. The lowest BCUT2D eigenvalue weighted by atomic mass is 10.1. The fourth-order valence-corrected chi connectivity index (χ4v) is 2.40. The van der Waals surface area contributed by atoms with E-state index < -0.39 is 0 Å². The summed E-state index contributed by atoms with van der Waals surface area (Å²) in [6, 6.07) is 8.62. The van der Waals surface area contributed by atoms with E-state index in [4.69, 9.17) is 4.74 Å². The first kappa shape index (κ1) is 13.0. The molecular formula is C15H21NO2. The second-order valence-electron chi connectivity index (χ2n) is 5.04. The van der Waals surface area contributed by atoms with Gasteiger partial charge in [0.05, 0.1) is 19.2 Å². The van der Waals surface area contributed by atoms with Crippen LogP contribution in [0.25, 0.3) is 10.9 Å². The molecule has 3 nitrogen and oxygen atoms in total. The second-order valence-corrected chi connectivity index (χ2v) is 5.04. The normalized spacial score (nSPS) is 13.2. The number of nitrogens with zero attached hydrogens (tertiary/aromatic N) is 1. The Labute approximate surface area is 108 Å². The maximum absolute atomic E-state index is 9.38. The third-order valence-electron chi connectivity index (χ3n) is 3.37. The first-order valence-electron chi connectivity index (χ1n) is 6.38. The van der Waals surface area contributed by atoms with Crippen LogP contribution in [0.2, 0.25) is 0 Å². The highest BCUT2D eigenvalue weighted by atomic mass is 16.5. The van der Waals surface area contributed by atoms with Gasteiger partial charge in [-0.3, -0.25) is 0 Å². The lowest BCUT2D eigenvalue weighted by Crippen LogP contribution is -2.10. The number of hydrogen-bond donors (Lipinski definition) is 1. The SMILES string of the molecule is COc1ccc2cc(C(C)CO)n(C(C)C)c2c1. The van der Waals surface area contributed by atoms with Crippen molar-refractivity contribution in [2.75, 3.05) is 13.7 Å². The summed E-state index contributed by atoms with van der Waals surface area (Å²) in [5.74, 6) is 1.01. The van der Waals surface area contributed by atoms with Gasteiger partial charge >= 0.3 is 0 Å². The molecular weight excluding hydrogens is 226 g/mol. The third-order valence-corrected chi connectivity index (χ3v) is 3.37. The van der Waals surface area contributed by atoms with Crippen LogP contribution in [0.4, 0.5) is 0 Å². The molecule has 1 atom stereocenters. The molecule has 1 aromatic carbocycles. The van der Waals surface area contributed by atoms with Gasteiger partial charge in [0.15, 0.2) is 0 Å². The van der Waals surface area contributed by atoms with Crippen LogP contribution >= 0.6 is 0 Å². The number of ether oxygens (including phenoxy) is 1. The molecule has 0 bridgehead atoms. The maximum atomic E-state index is 9.38. The van der Waals surface area contributed by atoms with Crippen LogP contribution in [0, 0.1) is 0 Å². The van der Waals surface area contributed by atoms with Crippen LogP contribution in [0.1, 0.15) is 38.4 Å². The number of fused-ring (bicyclic) bond motifs is 1. The van der Waals surface area contributed by atoms with E-state index in [1.54, 1.807) is 7.11 Å². The Morgan fingerprint density at radius 2 is 1.94 bits per heavy atom. The number of aliphatic hydroxyl groups is 1. The lowest BCUT2D eigenvalue weighted by Gasteiger charge is -2.18. The van der Waals surface area contributed by atoms with Crippen molar-refractivity contribution in [3.05, 3.63) is 30.0 Å². The minimum absolute atomic E-state index is 0.144. The molecule has 0 aliphatic rings. The average Bonchev–Trinajstić information content (AvgIpc) is 2.75. The number of aliphatic hydroxyl groups excluding tert-OH is 1. The highest BCUT2D eigenvalue weighted by Gasteiger charge is 2.16. The van der Waals surface area contributed by atoms with Crippen LogP contribution in [0.3, 0.4) is 0 Å². The predicted molar refractivity (Wildman–Crippen MR) is 74.4 cm³/mol. The first-order chi connectivity index (χ1) is 8.58. The Balaban J connectivity index is 2.68. The highest BCUT2D eigenvalue weighted by molar-refractivity contribution is 5.83. The largest absolute Gasteiger partial charge is 0.497 e. The molecule has 98 valence electrons. The summed E-state index contributed by atoms with van der Waals surface area (Å²) < 4.78 is 7.57. The first-order valence-corrected chi connectivity index (χ1v) is 6.38. The molecule has 18 heavy (non-hydrogen) atoms. The fourth-order valence-electron chi connectivity index (χ4n) is 2.40. The van der Waals surface area contributed by atoms with Crippen LogP contribution in [0.15, 0.2) is 24.3 Å². The standard InChI is InChI=1S/C15H21NO2/c1-10(2)16-14(11(3)9-17)7-12-5-6-13(18-4)8-15(12)16/h5-8,10-11,17H,9H2,1-4H3. The summed E-state index contributed by atoms with van der Waals surface area (Å²) in [6.45, 7) is 6.53. The van der Waals surface area contributed by atoms with Gasteiger partial charge in [-0.1, -0.05) is 6.92 Å². The smallest absolute Gasteiger partial charge is 0.120 e. The monoisotopic (exact) mass is 247 g/mol. The zero-order valence-electron chi connectivity index (χ0n) is 11.5. The minimum atomic E-state index is 0.144. The van der Waals surface area contributed by atoms with E-state index in [2.05, 4.69) is 36.6 Å². The molecule has 1 N–H and O–H groups in total. The van der Waals surface area contributed by atoms with E-state index in [1.165, 1.54) is 16.6 Å². The molecule has 0 fully saturated rings. The van der Waals surface area contributed by atoms with Crippen molar-refractivity contribution in [1.29, 1.82) is 0 Å². The molecule has 3 heteroatoms. The lowest BCUT2D eigenvalue weighted by molar-refractivity contribution is 0.268. The van der Waals surface area contributed by atoms with E-state index in [-0.39, 0.29) is 12.5 Å². The summed E-state index contributed by atoms with van der Waals surface area (Å²) in [5, 5.41) is 10.6. The van der Waals surface area contributed by atoms with E-state index in [1.807, 2.05) is 13.0 Å². The Hall–Kier alpha value is -1.48. The maximum Gasteiger partial charge on any atom is 0.120 e. The Bertz CT molecular complexity index is 543. The van der Waals surface area contributed by atoms with Crippen molar-refractivity contribution in [2.24, 2.45) is 0 Å². The molecule has 0 saturated carbocycles. The molecule has 0 amide bonds. The van der Waals surface area contributed by atoms with Gasteiger partial charge in [0.1, 0.15) is 5.75 Å². The molecule has 0 saturated heterocycles. The average molecular weight is 247 g/mol. The summed E-state index contributed by atoms with van der Waals surface area (Å²) in [4.78, 5) is 0. The zero-order valence-corrected chi connectivity index (χ0v) is 11.5. The number of hydrogen-bond acceptors (Lipinski definition) is 2. The molecule has 0 spiro atoms. The Morgan fingerprint density at radius 1 is 1.22 bits per heavy atom. The zero-order chi connectivity index (χ0) is 13.3. The Kier molecular flexibility index (Phi) is 3.62. The summed E-state index contributed by atoms with van der Waals surface area (Å²) in [5.41, 5.74) is 2.34. The van der Waals surface area contributed by atoms with Gasteiger partial charge in [-0.05, 0) is 32.0 Å². The number of rotatable bonds is 4. The van der Waals surface area contributed by atoms with Crippen molar-refractivity contribution in [3.63, 3.8) is 0 Å². The van der Waals surface area contributed by atoms with E-state index in [0.717, 1.165) is 5.75 Å². The molecule has 0 aliphatic carbocycles. The number of methoxy groups -OCH3 is 1. The quantitative estimate of drug-likeness (QED) is 0.899. The van der Waals surface area contributed by atoms with Crippen molar-refractivity contribution in [1.82, 2.24) is 4.57 Å². The predicted octanol–water partition coefficient (Wildman–Crippen LogP) is 3.33. The van der Waals surface area contributed by atoms with Crippen molar-refractivity contribution in [3.8, 4) is 5.75 Å². The van der Waals surface area contributed by atoms with Crippen LogP contribution in [-0.2, 0) is 0 Å². The van der Waals surface area contributed by atoms with Crippen molar-refractivity contribution >= 4 is 10.9 Å². The van der Waals surface area contributed by atoms with Gasteiger partial charge in [0.25, 0.3) is 0 Å². The molecule has 1 aromatic heterocycles. The van der Waals surface area contributed by atoms with Gasteiger partial charge < -0.3 is 14.4 Å². The molecule has 0 radical (unpaired) electrons. The van der Waals surface area contributed by atoms with Gasteiger partial charge in [-0.25, -0.2) is 0 Å². The molecule has 1 unspecified atom stereocenters. The number of aromatic nitrogens is 1. The van der Waals surface area contributed by atoms with Crippen LogP contribution in [-0.4, -0.2) is 23.4 Å². The summed E-state index contributed by atoms with van der Waals surface area (Å²) in [6.07, 6.45) is 0.